The third kappa shape index (κ3) is 4.78. The molecule has 0 aliphatic carbocycles. The highest BCUT2D eigenvalue weighted by molar-refractivity contribution is 7.11. The molecule has 0 bridgehead atoms. The molecule has 2 aromatic heterocycles. The second kappa shape index (κ2) is 7.62. The average molecular weight is 293 g/mol. The van der Waals surface area contributed by atoms with E-state index in [0.29, 0.717) is 6.54 Å². The lowest BCUT2D eigenvalue weighted by Crippen LogP contribution is -2.31. The Morgan fingerprint density at radius 1 is 1.30 bits per heavy atom. The standard InChI is InChI=1S/C16H23NO2S/c1-3-5-14(18)10-17(11-15-6-4-9-19-15)12-16-8-7-13(2)20-16/h4,6-9,14,18H,3,5,10-12H2,1-2H3/t14-/m1/s1. The van der Waals surface area contributed by atoms with Gasteiger partial charge >= 0.3 is 0 Å². The van der Waals surface area contributed by atoms with Crippen molar-refractivity contribution in [3.63, 3.8) is 0 Å². The SMILES string of the molecule is CCC[C@@H](O)CN(Cc1ccco1)Cc1ccc(C)s1. The van der Waals surface area contributed by atoms with E-state index in [1.807, 2.05) is 23.5 Å². The number of aryl methyl sites for hydroxylation is 1. The van der Waals surface area contributed by atoms with Crippen molar-refractivity contribution in [2.24, 2.45) is 0 Å². The lowest BCUT2D eigenvalue weighted by atomic mass is 10.2. The van der Waals surface area contributed by atoms with Crippen molar-refractivity contribution >= 4 is 11.3 Å². The maximum Gasteiger partial charge on any atom is 0.117 e. The molecule has 4 heteroatoms. The smallest absolute Gasteiger partial charge is 0.117 e. The van der Waals surface area contributed by atoms with E-state index in [1.54, 1.807) is 6.26 Å². The number of thiophene rings is 1. The Bertz CT molecular complexity index is 492. The molecule has 3 nitrogen and oxygen atoms in total. The number of aliphatic hydroxyl groups is 1. The molecule has 0 spiro atoms. The van der Waals surface area contributed by atoms with Crippen LogP contribution in [0.2, 0.25) is 0 Å². The molecule has 110 valence electrons. The number of rotatable bonds is 8. The quantitative estimate of drug-likeness (QED) is 0.804. The Morgan fingerprint density at radius 2 is 2.15 bits per heavy atom. The van der Waals surface area contributed by atoms with Crippen LogP contribution in [0, 0.1) is 6.92 Å². The summed E-state index contributed by atoms with van der Waals surface area (Å²) in [5, 5.41) is 10.1. The maximum absolute atomic E-state index is 10.1. The zero-order valence-corrected chi connectivity index (χ0v) is 13.0. The molecule has 2 heterocycles. The van der Waals surface area contributed by atoms with Gasteiger partial charge in [0.1, 0.15) is 5.76 Å². The first-order chi connectivity index (χ1) is 9.67. The van der Waals surface area contributed by atoms with Gasteiger partial charge in [-0.3, -0.25) is 4.90 Å². The Labute approximate surface area is 124 Å². The molecule has 1 N–H and O–H groups in total. The minimum absolute atomic E-state index is 0.268. The maximum atomic E-state index is 10.1. The molecule has 1 atom stereocenters. The van der Waals surface area contributed by atoms with Crippen LogP contribution in [0.4, 0.5) is 0 Å². The van der Waals surface area contributed by atoms with Crippen LogP contribution in [-0.2, 0) is 13.1 Å². The fourth-order valence-corrected chi connectivity index (χ4v) is 3.25. The van der Waals surface area contributed by atoms with Gasteiger partial charge in [-0.25, -0.2) is 0 Å². The third-order valence-corrected chi connectivity index (χ3v) is 4.21. The van der Waals surface area contributed by atoms with E-state index in [9.17, 15) is 5.11 Å². The molecule has 0 unspecified atom stereocenters. The molecule has 0 radical (unpaired) electrons. The van der Waals surface area contributed by atoms with Crippen molar-refractivity contribution in [2.75, 3.05) is 6.54 Å². The van der Waals surface area contributed by atoms with Crippen molar-refractivity contribution in [1.82, 2.24) is 4.90 Å². The van der Waals surface area contributed by atoms with Crippen molar-refractivity contribution in [1.29, 1.82) is 0 Å². The second-order valence-corrected chi connectivity index (χ2v) is 6.58. The summed E-state index contributed by atoms with van der Waals surface area (Å²) in [6, 6.07) is 8.21. The summed E-state index contributed by atoms with van der Waals surface area (Å²) in [6.07, 6.45) is 3.29. The third-order valence-electron chi connectivity index (χ3n) is 3.23. The van der Waals surface area contributed by atoms with Crippen LogP contribution in [-0.4, -0.2) is 22.7 Å². The normalized spacial score (nSPS) is 13.0. The van der Waals surface area contributed by atoms with Crippen LogP contribution in [0.5, 0.6) is 0 Å². The Balaban J connectivity index is 1.98. The van der Waals surface area contributed by atoms with Gasteiger partial charge in [-0.15, -0.1) is 11.3 Å². The Hall–Kier alpha value is -1.10. The van der Waals surface area contributed by atoms with Crippen molar-refractivity contribution in [3.8, 4) is 0 Å². The van der Waals surface area contributed by atoms with Gasteiger partial charge in [0, 0.05) is 22.8 Å². The van der Waals surface area contributed by atoms with E-state index >= 15 is 0 Å². The molecule has 0 aliphatic heterocycles. The summed E-state index contributed by atoms with van der Waals surface area (Å²) in [5.41, 5.74) is 0. The molecular weight excluding hydrogens is 270 g/mol. The fourth-order valence-electron chi connectivity index (χ4n) is 2.32. The molecule has 0 amide bonds. The van der Waals surface area contributed by atoms with Gasteiger partial charge in [-0.05, 0) is 37.6 Å². The second-order valence-electron chi connectivity index (χ2n) is 5.20. The number of furan rings is 1. The predicted molar refractivity (Wildman–Crippen MR) is 82.8 cm³/mol. The van der Waals surface area contributed by atoms with Gasteiger partial charge in [0.15, 0.2) is 0 Å². The van der Waals surface area contributed by atoms with Crippen molar-refractivity contribution in [3.05, 3.63) is 46.0 Å². The number of hydrogen-bond acceptors (Lipinski definition) is 4. The first-order valence-corrected chi connectivity index (χ1v) is 7.97. The monoisotopic (exact) mass is 293 g/mol. The lowest BCUT2D eigenvalue weighted by Gasteiger charge is -2.23. The zero-order valence-electron chi connectivity index (χ0n) is 12.2. The topological polar surface area (TPSA) is 36.6 Å². The van der Waals surface area contributed by atoms with Gasteiger partial charge in [-0.1, -0.05) is 13.3 Å². The van der Waals surface area contributed by atoms with E-state index in [0.717, 1.165) is 31.7 Å². The molecule has 0 aromatic carbocycles. The number of aliphatic hydroxyl groups excluding tert-OH is 1. The van der Waals surface area contributed by atoms with Crippen LogP contribution >= 0.6 is 11.3 Å². The number of hydrogen-bond donors (Lipinski definition) is 1. The minimum atomic E-state index is -0.268. The van der Waals surface area contributed by atoms with Crippen LogP contribution in [0.3, 0.4) is 0 Å². The first kappa shape index (κ1) is 15.3. The largest absolute Gasteiger partial charge is 0.468 e. The van der Waals surface area contributed by atoms with Gasteiger partial charge in [0.2, 0.25) is 0 Å². The van der Waals surface area contributed by atoms with Crippen LogP contribution < -0.4 is 0 Å². The van der Waals surface area contributed by atoms with E-state index in [-0.39, 0.29) is 6.10 Å². The Morgan fingerprint density at radius 3 is 2.75 bits per heavy atom. The highest BCUT2D eigenvalue weighted by Gasteiger charge is 2.14. The van der Waals surface area contributed by atoms with E-state index in [4.69, 9.17) is 4.42 Å². The first-order valence-electron chi connectivity index (χ1n) is 7.15. The average Bonchev–Trinajstić information content (AvgIpc) is 3.01. The zero-order chi connectivity index (χ0) is 14.4. The summed E-state index contributed by atoms with van der Waals surface area (Å²) in [5.74, 6) is 0.946. The van der Waals surface area contributed by atoms with Crippen molar-refractivity contribution < 1.29 is 9.52 Å². The summed E-state index contributed by atoms with van der Waals surface area (Å²) >= 11 is 1.82. The summed E-state index contributed by atoms with van der Waals surface area (Å²) in [7, 11) is 0. The summed E-state index contributed by atoms with van der Waals surface area (Å²) in [6.45, 7) is 6.51. The van der Waals surface area contributed by atoms with Gasteiger partial charge in [0.05, 0.1) is 18.9 Å². The molecule has 2 aromatic rings. The van der Waals surface area contributed by atoms with E-state index in [1.165, 1.54) is 9.75 Å². The lowest BCUT2D eigenvalue weighted by molar-refractivity contribution is 0.0938. The molecule has 20 heavy (non-hydrogen) atoms. The molecule has 0 saturated carbocycles. The molecule has 0 fully saturated rings. The summed E-state index contributed by atoms with van der Waals surface area (Å²) in [4.78, 5) is 4.91. The van der Waals surface area contributed by atoms with Crippen LogP contribution in [0.25, 0.3) is 0 Å². The van der Waals surface area contributed by atoms with Crippen LogP contribution in [0.1, 0.15) is 35.3 Å². The fraction of sp³-hybridized carbons (Fsp3) is 0.500. The molecule has 0 aliphatic rings. The van der Waals surface area contributed by atoms with Gasteiger partial charge < -0.3 is 9.52 Å². The van der Waals surface area contributed by atoms with E-state index in [2.05, 4.69) is 30.9 Å². The van der Waals surface area contributed by atoms with Gasteiger partial charge in [-0.2, -0.15) is 0 Å². The highest BCUT2D eigenvalue weighted by atomic mass is 32.1. The molecule has 0 saturated heterocycles. The minimum Gasteiger partial charge on any atom is -0.468 e. The summed E-state index contributed by atoms with van der Waals surface area (Å²) < 4.78 is 5.43. The molecule has 2 rings (SSSR count). The van der Waals surface area contributed by atoms with Crippen molar-refractivity contribution in [2.45, 2.75) is 45.9 Å². The van der Waals surface area contributed by atoms with Crippen LogP contribution in [0.15, 0.2) is 34.9 Å². The predicted octanol–water partition coefficient (Wildman–Crippen LogP) is 3.81. The highest BCUT2D eigenvalue weighted by Crippen LogP contribution is 2.19. The van der Waals surface area contributed by atoms with E-state index < -0.39 is 0 Å². The molecular formula is C16H23NO2S. The number of nitrogens with zero attached hydrogens (tertiary/aromatic N) is 1. The Kier molecular flexibility index (Phi) is 5.83. The van der Waals surface area contributed by atoms with Gasteiger partial charge in [0.25, 0.3) is 0 Å².